The summed E-state index contributed by atoms with van der Waals surface area (Å²) in [5.41, 5.74) is 24.8. The Kier molecular flexibility index (Phi) is 47.3. The van der Waals surface area contributed by atoms with E-state index in [2.05, 4.69) is 136 Å². The average molecular weight is 2350 g/mol. The van der Waals surface area contributed by atoms with Crippen LogP contribution in [0.2, 0.25) is 40.4 Å². The van der Waals surface area contributed by atoms with Crippen LogP contribution in [0.4, 0.5) is 13.2 Å². The van der Waals surface area contributed by atoms with Gasteiger partial charge in [0.1, 0.15) is 16.7 Å². The molecule has 5 heterocycles. The third kappa shape index (κ3) is 40.2. The fourth-order valence-corrected chi connectivity index (χ4v) is 17.5. The molecular weight excluding hydrogens is 2270 g/mol. The van der Waals surface area contributed by atoms with E-state index in [1.165, 1.54) is 92.1 Å². The standard InChI is InChI=1S/C16H11Cl3N4O2.C16H14Cl2N2OS.C15H16Cl2N2O.C14H10Br3N3O2.C14H11ClN2O.C14H13N3O.C13H9F3N2OS/c17-12-4-2-1-3-10(12)7-21-22-16(24)13-6-5-11(25-13)8-23-9-20-14(18)15(23)19;17-14-6-4-12(5-7-14)10-22-11-16(21)20-19-9-13-2-1-3-15(18)8-13;16-13-4-3-11(7-14(13)17)15(20)19-18-8-12-6-9-1-2-10(12)5-9;1-22-13-8(2-10(15)4-12(13)17)6-19-20-14(21)9-3-11(16)7-18-5-9;15-13-8-4-5-11(9-13)10-16-17-14(18)12-6-2-1-3-7-12;1-11-3-2-4-12(9-11)10-16-17-14(18)13-5-7-15-8-6-13;14-13(15,16)10-4-1-3-9(7-10)8-17-18-12(19)11-5-2-6-20-11/h1-7,9H,8H2,(H,22,24);1-9H,10-11H2,(H,20,21);3-4,7-10,12H,1-2,5-6H2,(H,19,20);2-7H,1H3,(H,20,21);1-10H,(H,17,18);2-10H,1H3,(H,17,18);1-8H,(H,18,19)/b21-7+;19-9+;18-8+;19-6-;2*16-10+;17-8+. The Bertz CT molecular complexity index is 6840. The van der Waals surface area contributed by atoms with Crippen LogP contribution in [0.15, 0.2) is 339 Å². The van der Waals surface area contributed by atoms with Gasteiger partial charge in [-0.05, 0) is 242 Å². The number of amides is 7. The number of thioether (sulfide) groups is 1. The van der Waals surface area contributed by atoms with Crippen LogP contribution >= 0.6 is 164 Å². The van der Waals surface area contributed by atoms with Crippen LogP contribution in [0.3, 0.4) is 0 Å². The minimum atomic E-state index is -4.40. The lowest BCUT2D eigenvalue weighted by Crippen LogP contribution is -2.20. The molecule has 0 aliphatic heterocycles. The number of imidazole rings is 1. The summed E-state index contributed by atoms with van der Waals surface area (Å²) in [6, 6.07) is 70.6. The fourth-order valence-electron chi connectivity index (χ4n) is 13.0. The molecule has 0 spiro atoms. The Morgan fingerprint density at radius 3 is 1.66 bits per heavy atom. The van der Waals surface area contributed by atoms with Crippen LogP contribution < -0.4 is 42.7 Å². The number of nitrogens with zero attached hydrogens (tertiary/aromatic N) is 11. The second kappa shape index (κ2) is 60.2. The number of aromatic nitrogens is 4. The van der Waals surface area contributed by atoms with Gasteiger partial charge in [0.15, 0.2) is 10.9 Å². The molecule has 0 radical (unpaired) electrons. The van der Waals surface area contributed by atoms with Gasteiger partial charge >= 0.3 is 12.1 Å². The number of hydrazone groups is 7. The topological polar surface area (TPSA) is 356 Å². The summed E-state index contributed by atoms with van der Waals surface area (Å²) in [4.78, 5) is 94.5. The zero-order valence-electron chi connectivity index (χ0n) is 76.1. The van der Waals surface area contributed by atoms with Crippen molar-refractivity contribution in [3.05, 3.63) is 428 Å². The molecule has 145 heavy (non-hydrogen) atoms. The summed E-state index contributed by atoms with van der Waals surface area (Å²) in [7, 11) is 1.57. The van der Waals surface area contributed by atoms with E-state index in [0.717, 1.165) is 76.5 Å². The Morgan fingerprint density at radius 1 is 0.497 bits per heavy atom. The van der Waals surface area contributed by atoms with Crippen LogP contribution in [0, 0.1) is 24.7 Å². The van der Waals surface area contributed by atoms with Crippen molar-refractivity contribution >= 4 is 249 Å². The van der Waals surface area contributed by atoms with Gasteiger partial charge in [-0.1, -0.05) is 236 Å². The Labute approximate surface area is 904 Å². The number of ether oxygens (including phenoxy) is 1. The lowest BCUT2D eigenvalue weighted by Gasteiger charge is -2.16. The molecule has 7 N–H and O–H groups in total. The molecule has 2 bridgehead atoms. The molecule has 43 heteroatoms. The molecule has 2 fully saturated rings. The lowest BCUT2D eigenvalue weighted by atomic mass is 9.90. The molecule has 3 unspecified atom stereocenters. The van der Waals surface area contributed by atoms with Gasteiger partial charge in [0, 0.05) is 93.6 Å². The summed E-state index contributed by atoms with van der Waals surface area (Å²) in [6.07, 6.45) is 19.3. The van der Waals surface area contributed by atoms with Gasteiger partial charge in [0.2, 0.25) is 5.91 Å². The van der Waals surface area contributed by atoms with E-state index < -0.39 is 23.6 Å². The zero-order chi connectivity index (χ0) is 104. The van der Waals surface area contributed by atoms with E-state index in [0.29, 0.717) is 97.7 Å². The monoisotopic (exact) mass is 2340 g/mol. The van der Waals surface area contributed by atoms with Crippen molar-refractivity contribution in [1.29, 1.82) is 0 Å². The Hall–Kier alpha value is -12.9. The van der Waals surface area contributed by atoms with Crippen LogP contribution in [0.1, 0.15) is 143 Å². The second-order valence-corrected chi connectivity index (χ2v) is 38.3. The smallest absolute Gasteiger partial charge is 0.416 e. The predicted molar refractivity (Wildman–Crippen MR) is 582 cm³/mol. The molecule has 9 aromatic carbocycles. The number of methoxy groups -OCH3 is 1. The maximum Gasteiger partial charge on any atom is 0.416 e. The zero-order valence-corrected chi connectivity index (χ0v) is 88.5. The maximum atomic E-state index is 12.5. The first-order valence-corrected chi connectivity index (χ1v) is 50.4. The van der Waals surface area contributed by atoms with Crippen molar-refractivity contribution in [2.45, 2.75) is 51.1 Å². The molecule has 0 saturated heterocycles. The highest BCUT2D eigenvalue weighted by atomic mass is 79.9. The minimum Gasteiger partial charge on any atom is -0.495 e. The molecular formula is C102H84Br3Cl8F3N18O9S2. The summed E-state index contributed by atoms with van der Waals surface area (Å²) < 4.78 is 52.2. The average Bonchev–Trinajstić information content (AvgIpc) is 1.76. The van der Waals surface area contributed by atoms with Gasteiger partial charge in [0.05, 0.1) is 93.5 Å². The van der Waals surface area contributed by atoms with Gasteiger partial charge in [-0.3, -0.25) is 43.5 Å². The number of pyridine rings is 2. The number of alkyl halides is 3. The highest BCUT2D eigenvalue weighted by Crippen LogP contribution is 2.47. The summed E-state index contributed by atoms with van der Waals surface area (Å²) >= 11 is 59.8. The first-order chi connectivity index (χ1) is 69.8. The number of halogens is 14. The summed E-state index contributed by atoms with van der Waals surface area (Å²) in [5.74, 6) is 2.42. The van der Waals surface area contributed by atoms with Crippen molar-refractivity contribution < 1.29 is 55.9 Å². The van der Waals surface area contributed by atoms with Crippen molar-refractivity contribution in [2.75, 3.05) is 12.9 Å². The van der Waals surface area contributed by atoms with E-state index >= 15 is 0 Å². The number of furan rings is 1. The molecule has 27 nitrogen and oxygen atoms in total. The second-order valence-electron chi connectivity index (χ2n) is 30.5. The third-order valence-electron chi connectivity index (χ3n) is 19.8. The summed E-state index contributed by atoms with van der Waals surface area (Å²) in [5, 5.41) is 32.8. The molecule has 2 saturated carbocycles. The van der Waals surface area contributed by atoms with Crippen molar-refractivity contribution in [1.82, 2.24) is 57.5 Å². The van der Waals surface area contributed by atoms with Crippen LogP contribution in [0.5, 0.6) is 5.75 Å². The molecule has 16 rings (SSSR count). The number of carbonyl (C=O) groups is 7. The Morgan fingerprint density at radius 2 is 1.08 bits per heavy atom. The van der Waals surface area contributed by atoms with Crippen LogP contribution in [0.25, 0.3) is 0 Å². The number of benzene rings is 9. The maximum absolute atomic E-state index is 12.5. The number of nitrogens with one attached hydrogen (secondary N) is 7. The number of rotatable bonds is 27. The first kappa shape index (κ1) is 114. The van der Waals surface area contributed by atoms with Gasteiger partial charge in [-0.15, -0.1) is 23.1 Å². The molecule has 2 aliphatic rings. The molecule has 2 aliphatic carbocycles. The van der Waals surface area contributed by atoms with Gasteiger partial charge in [-0.2, -0.15) is 48.9 Å². The molecule has 14 aromatic rings. The Balaban J connectivity index is 0.000000174. The van der Waals surface area contributed by atoms with E-state index in [-0.39, 0.29) is 46.0 Å². The number of carbonyl (C=O) groups excluding carboxylic acids is 7. The third-order valence-corrected chi connectivity index (χ3v) is 25.8. The molecule has 5 aromatic heterocycles. The predicted octanol–water partition coefficient (Wildman–Crippen LogP) is 25.7. The SMILES string of the molecule is COc1c(Br)cc(Br)cc1/C=N\NC(=O)c1cncc(Br)c1.Cc1cccc(/C=N/NC(=O)c2ccncc2)c1.O=C(CSCc1ccc(Cl)cc1)N/N=C/c1cccc(Cl)c1.O=C(N/N=C/C1CC2CCC1C2)c1ccc(Cl)c(Cl)c1.O=C(N/N=C/c1cccc(C(F)(F)F)c1)c1cccs1.O=C(N/N=C/c1cccc(Cl)c1)c1ccccc1.O=C(N/N=C/c1ccccc1Cl)c1ccc(Cn2cnc(Cl)c2Cl)o1. The number of hydrogen-bond donors (Lipinski definition) is 7. The number of fused-ring (bicyclic) bond motifs is 2. The van der Waals surface area contributed by atoms with Crippen LogP contribution in [-0.2, 0) is 23.3 Å². The molecule has 3 atom stereocenters. The fraction of sp³-hybridized carbons (Fsp3) is 0.127. The normalized spacial score (nSPS) is 13.3. The van der Waals surface area contributed by atoms with Crippen molar-refractivity contribution in [2.24, 2.45) is 53.5 Å². The molecule has 746 valence electrons. The largest absolute Gasteiger partial charge is 0.495 e. The first-order valence-electron chi connectivity index (χ1n) is 43.0. The van der Waals surface area contributed by atoms with Crippen LogP contribution in [-0.4, -0.2) is 117 Å². The van der Waals surface area contributed by atoms with Gasteiger partial charge in [0.25, 0.3) is 29.5 Å². The highest BCUT2D eigenvalue weighted by molar-refractivity contribution is 9.11. The van der Waals surface area contributed by atoms with Gasteiger partial charge < -0.3 is 13.7 Å². The van der Waals surface area contributed by atoms with Crippen molar-refractivity contribution in [3.63, 3.8) is 0 Å². The van der Waals surface area contributed by atoms with Gasteiger partial charge in [-0.25, -0.2) is 43.0 Å². The number of aryl methyl sites for hydroxylation is 1. The van der Waals surface area contributed by atoms with E-state index in [4.69, 9.17) is 102 Å². The lowest BCUT2D eigenvalue weighted by molar-refractivity contribution is -0.137. The number of thiophene rings is 1. The minimum absolute atomic E-state index is 0.119. The van der Waals surface area contributed by atoms with E-state index in [1.807, 2.05) is 116 Å². The van der Waals surface area contributed by atoms with Crippen molar-refractivity contribution in [3.8, 4) is 5.75 Å². The van der Waals surface area contributed by atoms with E-state index in [1.54, 1.807) is 176 Å². The number of hydrogen-bond acceptors (Lipinski definition) is 21. The summed E-state index contributed by atoms with van der Waals surface area (Å²) in [6.45, 7) is 2.31. The molecule has 7 amide bonds. The van der Waals surface area contributed by atoms with E-state index in [9.17, 15) is 46.7 Å². The highest BCUT2D eigenvalue weighted by Gasteiger charge is 2.39. The quantitative estimate of drug-likeness (QED) is 0.0186.